The number of halogens is 1. The van der Waals surface area contributed by atoms with Crippen molar-refractivity contribution in [3.63, 3.8) is 0 Å². The second-order valence-corrected chi connectivity index (χ2v) is 8.77. The lowest BCUT2D eigenvalue weighted by Crippen LogP contribution is -2.52. The Bertz CT molecular complexity index is 987. The highest BCUT2D eigenvalue weighted by Gasteiger charge is 2.26. The number of aryl methyl sites for hydroxylation is 1. The van der Waals surface area contributed by atoms with Crippen LogP contribution in [0.4, 0.5) is 15.8 Å². The fourth-order valence-electron chi connectivity index (χ4n) is 3.34. The van der Waals surface area contributed by atoms with Gasteiger partial charge in [0.15, 0.2) is 0 Å². The molecule has 1 aliphatic heterocycles. The average molecular weight is 421 g/mol. The molecular formula is C20H25FN4O3S. The summed E-state index contributed by atoms with van der Waals surface area (Å²) in [5.74, 6) is -0.697. The lowest BCUT2D eigenvalue weighted by Gasteiger charge is -2.38. The highest BCUT2D eigenvalue weighted by atomic mass is 32.2. The van der Waals surface area contributed by atoms with Crippen molar-refractivity contribution < 1.29 is 17.6 Å². The standard InChI is InChI=1S/C20H25FN4O3S/c1-14-3-8-19(18(21)13-14)23-20(26)15(2)24-9-11-25(12-10-24)16-4-6-17(7-5-16)29(22,27)28/h3-8,13,15H,9-12H2,1-2H3,(H,23,26)(H2,22,27,28). The number of nitrogens with two attached hydrogens (primary N) is 1. The van der Waals surface area contributed by atoms with E-state index in [-0.39, 0.29) is 16.5 Å². The molecule has 1 atom stereocenters. The molecular weight excluding hydrogens is 395 g/mol. The molecule has 1 heterocycles. The van der Waals surface area contributed by atoms with Gasteiger partial charge >= 0.3 is 0 Å². The molecule has 0 aromatic heterocycles. The van der Waals surface area contributed by atoms with Crippen LogP contribution >= 0.6 is 0 Å². The Hall–Kier alpha value is -2.49. The minimum absolute atomic E-state index is 0.0773. The Labute approximate surface area is 170 Å². The van der Waals surface area contributed by atoms with Gasteiger partial charge < -0.3 is 10.2 Å². The Morgan fingerprint density at radius 3 is 2.28 bits per heavy atom. The Morgan fingerprint density at radius 2 is 1.72 bits per heavy atom. The summed E-state index contributed by atoms with van der Waals surface area (Å²) in [5.41, 5.74) is 1.87. The lowest BCUT2D eigenvalue weighted by molar-refractivity contribution is -0.120. The molecule has 0 bridgehead atoms. The molecule has 156 valence electrons. The number of carbonyl (C=O) groups is 1. The summed E-state index contributed by atoms with van der Waals surface area (Å²) in [5, 5.41) is 7.79. The van der Waals surface area contributed by atoms with Crippen LogP contribution in [0.2, 0.25) is 0 Å². The van der Waals surface area contributed by atoms with Gasteiger partial charge in [0.05, 0.1) is 16.6 Å². The molecule has 1 amide bonds. The van der Waals surface area contributed by atoms with Gasteiger partial charge in [-0.1, -0.05) is 6.07 Å². The first-order valence-electron chi connectivity index (χ1n) is 9.34. The van der Waals surface area contributed by atoms with Crippen molar-refractivity contribution in [2.45, 2.75) is 24.8 Å². The molecule has 1 unspecified atom stereocenters. The number of hydrogen-bond donors (Lipinski definition) is 2. The van der Waals surface area contributed by atoms with Gasteiger partial charge in [0.2, 0.25) is 15.9 Å². The number of benzene rings is 2. The Morgan fingerprint density at radius 1 is 1.10 bits per heavy atom. The summed E-state index contributed by atoms with van der Waals surface area (Å²) >= 11 is 0. The molecule has 1 saturated heterocycles. The van der Waals surface area contributed by atoms with Crippen molar-refractivity contribution in [2.24, 2.45) is 5.14 Å². The van der Waals surface area contributed by atoms with Crippen LogP contribution in [0.3, 0.4) is 0 Å². The largest absolute Gasteiger partial charge is 0.369 e. The van der Waals surface area contributed by atoms with Gasteiger partial charge in [0, 0.05) is 31.9 Å². The average Bonchev–Trinajstić information content (AvgIpc) is 2.69. The highest BCUT2D eigenvalue weighted by Crippen LogP contribution is 2.20. The first-order valence-corrected chi connectivity index (χ1v) is 10.9. The maximum absolute atomic E-state index is 14.0. The third-order valence-corrected chi connectivity index (χ3v) is 6.08. The van der Waals surface area contributed by atoms with Crippen LogP contribution in [0.1, 0.15) is 12.5 Å². The third kappa shape index (κ3) is 5.11. The lowest BCUT2D eigenvalue weighted by atomic mass is 10.1. The second-order valence-electron chi connectivity index (χ2n) is 7.21. The monoisotopic (exact) mass is 420 g/mol. The van der Waals surface area contributed by atoms with E-state index >= 15 is 0 Å². The smallest absolute Gasteiger partial charge is 0.241 e. The number of carbonyl (C=O) groups excluding carboxylic acids is 1. The van der Waals surface area contributed by atoms with Gasteiger partial charge in [-0.2, -0.15) is 0 Å². The summed E-state index contributed by atoms with van der Waals surface area (Å²) in [7, 11) is -3.71. The van der Waals surface area contributed by atoms with Gasteiger partial charge in [-0.3, -0.25) is 9.69 Å². The molecule has 0 radical (unpaired) electrons. The number of primary sulfonamides is 1. The number of hydrogen-bond acceptors (Lipinski definition) is 5. The summed E-state index contributed by atoms with van der Waals surface area (Å²) < 4.78 is 36.7. The molecule has 1 aliphatic rings. The normalized spacial score (nSPS) is 16.5. The van der Waals surface area contributed by atoms with Crippen LogP contribution in [0.5, 0.6) is 0 Å². The van der Waals surface area contributed by atoms with Gasteiger partial charge in [-0.15, -0.1) is 0 Å². The number of piperazine rings is 1. The van der Waals surface area contributed by atoms with E-state index in [4.69, 9.17) is 5.14 Å². The zero-order chi connectivity index (χ0) is 21.2. The molecule has 3 N–H and O–H groups in total. The predicted octanol–water partition coefficient (Wildman–Crippen LogP) is 1.93. The van der Waals surface area contributed by atoms with E-state index in [0.29, 0.717) is 26.2 Å². The highest BCUT2D eigenvalue weighted by molar-refractivity contribution is 7.89. The minimum atomic E-state index is -3.71. The van der Waals surface area contributed by atoms with Crippen molar-refractivity contribution in [3.8, 4) is 0 Å². The van der Waals surface area contributed by atoms with Crippen LogP contribution in [-0.4, -0.2) is 51.4 Å². The first-order chi connectivity index (χ1) is 13.6. The number of sulfonamides is 1. The van der Waals surface area contributed by atoms with E-state index in [9.17, 15) is 17.6 Å². The molecule has 7 nitrogen and oxygen atoms in total. The molecule has 0 saturated carbocycles. The van der Waals surface area contributed by atoms with Gasteiger partial charge in [-0.05, 0) is 55.8 Å². The Balaban J connectivity index is 1.57. The summed E-state index contributed by atoms with van der Waals surface area (Å²) in [6.45, 7) is 6.28. The number of nitrogens with one attached hydrogen (secondary N) is 1. The van der Waals surface area contributed by atoms with Crippen molar-refractivity contribution in [3.05, 3.63) is 53.8 Å². The molecule has 0 spiro atoms. The molecule has 9 heteroatoms. The maximum Gasteiger partial charge on any atom is 0.241 e. The van der Waals surface area contributed by atoms with E-state index < -0.39 is 21.9 Å². The zero-order valence-electron chi connectivity index (χ0n) is 16.4. The van der Waals surface area contributed by atoms with Crippen molar-refractivity contribution in [1.29, 1.82) is 0 Å². The molecule has 2 aromatic carbocycles. The van der Waals surface area contributed by atoms with Gasteiger partial charge in [0.1, 0.15) is 5.82 Å². The number of rotatable bonds is 5. The number of anilines is 2. The summed E-state index contributed by atoms with van der Waals surface area (Å²) in [6, 6.07) is 10.7. The molecule has 3 rings (SSSR count). The summed E-state index contributed by atoms with van der Waals surface area (Å²) in [6.07, 6.45) is 0. The topological polar surface area (TPSA) is 95.7 Å². The molecule has 0 aliphatic carbocycles. The van der Waals surface area contributed by atoms with Crippen molar-refractivity contribution in [1.82, 2.24) is 4.90 Å². The predicted molar refractivity (Wildman–Crippen MR) is 111 cm³/mol. The molecule has 29 heavy (non-hydrogen) atoms. The number of amides is 1. The van der Waals surface area contributed by atoms with E-state index in [1.807, 2.05) is 4.90 Å². The first kappa shape index (κ1) is 21.2. The fraction of sp³-hybridized carbons (Fsp3) is 0.350. The van der Waals surface area contributed by atoms with Crippen LogP contribution in [-0.2, 0) is 14.8 Å². The SMILES string of the molecule is Cc1ccc(NC(=O)C(C)N2CCN(c3ccc(S(N)(=O)=O)cc3)CC2)c(F)c1. The summed E-state index contributed by atoms with van der Waals surface area (Å²) in [4.78, 5) is 16.8. The number of nitrogens with zero attached hydrogens (tertiary/aromatic N) is 2. The van der Waals surface area contributed by atoms with Crippen molar-refractivity contribution >= 4 is 27.3 Å². The second kappa shape index (κ2) is 8.48. The van der Waals surface area contributed by atoms with Gasteiger partial charge in [0.25, 0.3) is 0 Å². The van der Waals surface area contributed by atoms with Crippen molar-refractivity contribution in [2.75, 3.05) is 36.4 Å². The van der Waals surface area contributed by atoms with Crippen LogP contribution in [0.25, 0.3) is 0 Å². The minimum Gasteiger partial charge on any atom is -0.369 e. The quantitative estimate of drug-likeness (QED) is 0.771. The van der Waals surface area contributed by atoms with Crippen LogP contribution in [0.15, 0.2) is 47.4 Å². The molecule has 1 fully saturated rings. The van der Waals surface area contributed by atoms with E-state index in [2.05, 4.69) is 10.2 Å². The fourth-order valence-corrected chi connectivity index (χ4v) is 3.85. The van der Waals surface area contributed by atoms with E-state index in [1.54, 1.807) is 38.1 Å². The third-order valence-electron chi connectivity index (χ3n) is 5.15. The van der Waals surface area contributed by atoms with Crippen LogP contribution in [0, 0.1) is 12.7 Å². The maximum atomic E-state index is 14.0. The van der Waals surface area contributed by atoms with Gasteiger partial charge in [-0.25, -0.2) is 17.9 Å². The van der Waals surface area contributed by atoms with E-state index in [0.717, 1.165) is 11.3 Å². The van der Waals surface area contributed by atoms with Crippen LogP contribution < -0.4 is 15.4 Å². The van der Waals surface area contributed by atoms with E-state index in [1.165, 1.54) is 18.2 Å². The molecule has 2 aromatic rings. The Kier molecular flexibility index (Phi) is 6.21. The zero-order valence-corrected chi connectivity index (χ0v) is 17.2.